The lowest BCUT2D eigenvalue weighted by Gasteiger charge is -1.94. The van der Waals surface area contributed by atoms with E-state index < -0.39 is 4.92 Å². The van der Waals surface area contributed by atoms with Crippen molar-refractivity contribution in [1.29, 1.82) is 5.26 Å². The molecule has 0 aromatic carbocycles. The van der Waals surface area contributed by atoms with Gasteiger partial charge in [0.2, 0.25) is 0 Å². The molecule has 60 valence electrons. The Balaban J connectivity index is 3.23. The van der Waals surface area contributed by atoms with E-state index in [9.17, 15) is 10.1 Å². The highest BCUT2D eigenvalue weighted by molar-refractivity contribution is 5.37. The van der Waals surface area contributed by atoms with Crippen LogP contribution in [0.3, 0.4) is 0 Å². The van der Waals surface area contributed by atoms with Crippen LogP contribution in [0.1, 0.15) is 11.4 Å². The first kappa shape index (κ1) is 8.14. The van der Waals surface area contributed by atoms with Crippen LogP contribution in [0.25, 0.3) is 0 Å². The molecule has 0 saturated heterocycles. The zero-order valence-corrected chi connectivity index (χ0v) is 6.31. The second-order valence-corrected chi connectivity index (χ2v) is 2.17. The van der Waals surface area contributed by atoms with Gasteiger partial charge in [0, 0.05) is 6.07 Å². The summed E-state index contributed by atoms with van der Waals surface area (Å²) in [6, 6.07) is 4.40. The summed E-state index contributed by atoms with van der Waals surface area (Å²) in [6.07, 6.45) is 0. The monoisotopic (exact) mass is 163 g/mol. The van der Waals surface area contributed by atoms with Crippen LogP contribution < -0.4 is 0 Å². The van der Waals surface area contributed by atoms with Gasteiger partial charge in [-0.15, -0.1) is 0 Å². The molecular weight excluding hydrogens is 158 g/mol. The summed E-state index contributed by atoms with van der Waals surface area (Å²) >= 11 is 0. The molecule has 0 saturated carbocycles. The summed E-state index contributed by atoms with van der Waals surface area (Å²) in [7, 11) is 0. The van der Waals surface area contributed by atoms with Crippen molar-refractivity contribution in [3.05, 3.63) is 33.6 Å². The van der Waals surface area contributed by atoms with Crippen LogP contribution in [0.15, 0.2) is 12.1 Å². The summed E-state index contributed by atoms with van der Waals surface area (Å²) in [6.45, 7) is 1.50. The third kappa shape index (κ3) is 1.37. The number of aromatic nitrogens is 1. The maximum Gasteiger partial charge on any atom is 0.290 e. The Labute approximate surface area is 68.4 Å². The van der Waals surface area contributed by atoms with Crippen LogP contribution in [0.2, 0.25) is 0 Å². The van der Waals surface area contributed by atoms with Gasteiger partial charge in [0.15, 0.2) is 0 Å². The maximum atomic E-state index is 10.3. The van der Waals surface area contributed by atoms with E-state index in [0.717, 1.165) is 0 Å². The van der Waals surface area contributed by atoms with E-state index in [1.165, 1.54) is 19.1 Å². The fourth-order valence-corrected chi connectivity index (χ4v) is 0.809. The van der Waals surface area contributed by atoms with Crippen molar-refractivity contribution in [1.82, 2.24) is 4.98 Å². The van der Waals surface area contributed by atoms with Crippen molar-refractivity contribution in [3.63, 3.8) is 0 Å². The molecule has 0 radical (unpaired) electrons. The lowest BCUT2D eigenvalue weighted by Crippen LogP contribution is -1.95. The van der Waals surface area contributed by atoms with E-state index in [1.54, 1.807) is 6.07 Å². The first-order valence-corrected chi connectivity index (χ1v) is 3.17. The minimum Gasteiger partial charge on any atom is -0.258 e. The summed E-state index contributed by atoms with van der Waals surface area (Å²) in [5.41, 5.74) is 0.395. The number of aryl methyl sites for hydroxylation is 1. The minimum atomic E-state index is -0.524. The molecule has 0 spiro atoms. The Bertz CT molecular complexity index is 367. The first-order valence-electron chi connectivity index (χ1n) is 3.17. The molecule has 1 rings (SSSR count). The Morgan fingerprint density at radius 1 is 1.67 bits per heavy atom. The van der Waals surface area contributed by atoms with Crippen molar-refractivity contribution in [2.45, 2.75) is 6.92 Å². The molecule has 0 amide bonds. The van der Waals surface area contributed by atoms with Crippen LogP contribution >= 0.6 is 0 Å². The van der Waals surface area contributed by atoms with Gasteiger partial charge in [0.05, 0.1) is 4.92 Å². The summed E-state index contributed by atoms with van der Waals surface area (Å²) in [5, 5.41) is 18.7. The molecule has 0 aliphatic heterocycles. The topological polar surface area (TPSA) is 79.8 Å². The molecule has 1 aromatic rings. The van der Waals surface area contributed by atoms with Gasteiger partial charge < -0.3 is 0 Å². The molecule has 0 atom stereocenters. The predicted molar refractivity (Wildman–Crippen MR) is 40.3 cm³/mol. The second kappa shape index (κ2) is 2.96. The van der Waals surface area contributed by atoms with E-state index in [0.29, 0.717) is 0 Å². The highest BCUT2D eigenvalue weighted by atomic mass is 16.6. The second-order valence-electron chi connectivity index (χ2n) is 2.17. The largest absolute Gasteiger partial charge is 0.290 e. The van der Waals surface area contributed by atoms with Gasteiger partial charge in [0.1, 0.15) is 17.5 Å². The van der Waals surface area contributed by atoms with Gasteiger partial charge in [-0.25, -0.2) is 4.98 Å². The number of pyridine rings is 1. The van der Waals surface area contributed by atoms with Gasteiger partial charge in [0.25, 0.3) is 5.69 Å². The smallest absolute Gasteiger partial charge is 0.258 e. The van der Waals surface area contributed by atoms with Crippen molar-refractivity contribution in [3.8, 4) is 6.07 Å². The van der Waals surface area contributed by atoms with Gasteiger partial charge in [-0.2, -0.15) is 5.26 Å². The van der Waals surface area contributed by atoms with E-state index in [4.69, 9.17) is 5.26 Å². The first-order chi connectivity index (χ1) is 5.65. The van der Waals surface area contributed by atoms with Crippen LogP contribution in [0, 0.1) is 28.4 Å². The fraction of sp³-hybridized carbons (Fsp3) is 0.143. The zero-order chi connectivity index (χ0) is 9.14. The standard InChI is InChI=1S/C7H5N3O2/c1-5-7(10(11)12)3-2-6(4-8)9-5/h2-3H,1H3. The van der Waals surface area contributed by atoms with E-state index in [1.807, 2.05) is 0 Å². The molecule has 1 heterocycles. The van der Waals surface area contributed by atoms with Gasteiger partial charge in [-0.1, -0.05) is 0 Å². The Hall–Kier alpha value is -1.96. The summed E-state index contributed by atoms with van der Waals surface area (Å²) in [5.74, 6) is 0. The Morgan fingerprint density at radius 2 is 2.33 bits per heavy atom. The number of nitro groups is 1. The van der Waals surface area contributed by atoms with Gasteiger partial charge >= 0.3 is 0 Å². The molecule has 12 heavy (non-hydrogen) atoms. The molecule has 5 heteroatoms. The highest BCUT2D eigenvalue weighted by Gasteiger charge is 2.10. The molecule has 0 bridgehead atoms. The van der Waals surface area contributed by atoms with Crippen LogP contribution in [-0.2, 0) is 0 Å². The van der Waals surface area contributed by atoms with Crippen molar-refractivity contribution >= 4 is 5.69 Å². The number of rotatable bonds is 1. The lowest BCUT2D eigenvalue weighted by molar-refractivity contribution is -0.385. The van der Waals surface area contributed by atoms with Gasteiger partial charge in [-0.05, 0) is 13.0 Å². The average Bonchev–Trinajstić information content (AvgIpc) is 2.03. The molecule has 1 aromatic heterocycles. The lowest BCUT2D eigenvalue weighted by atomic mass is 10.3. The van der Waals surface area contributed by atoms with Crippen LogP contribution in [0.4, 0.5) is 5.69 Å². The number of hydrogen-bond acceptors (Lipinski definition) is 4. The Kier molecular flexibility index (Phi) is 2.01. The van der Waals surface area contributed by atoms with E-state index in [2.05, 4.69) is 4.98 Å². The molecule has 0 aliphatic rings. The van der Waals surface area contributed by atoms with Crippen molar-refractivity contribution < 1.29 is 4.92 Å². The molecule has 5 nitrogen and oxygen atoms in total. The SMILES string of the molecule is Cc1nc(C#N)ccc1[N+](=O)[O-]. The quantitative estimate of drug-likeness (QED) is 0.459. The van der Waals surface area contributed by atoms with Crippen molar-refractivity contribution in [2.24, 2.45) is 0 Å². The number of nitriles is 1. The van der Waals surface area contributed by atoms with Gasteiger partial charge in [-0.3, -0.25) is 10.1 Å². The zero-order valence-electron chi connectivity index (χ0n) is 6.31. The Morgan fingerprint density at radius 3 is 2.75 bits per heavy atom. The van der Waals surface area contributed by atoms with Crippen molar-refractivity contribution in [2.75, 3.05) is 0 Å². The molecule has 0 fully saturated rings. The fourth-order valence-electron chi connectivity index (χ4n) is 0.809. The summed E-state index contributed by atoms with van der Waals surface area (Å²) < 4.78 is 0. The van der Waals surface area contributed by atoms with E-state index >= 15 is 0 Å². The third-order valence-corrected chi connectivity index (χ3v) is 1.37. The highest BCUT2D eigenvalue weighted by Crippen LogP contribution is 2.14. The number of nitrogens with zero attached hydrogens (tertiary/aromatic N) is 3. The molecule has 0 aliphatic carbocycles. The molecular formula is C7H5N3O2. The normalized spacial score (nSPS) is 9.00. The summed E-state index contributed by atoms with van der Waals surface area (Å²) in [4.78, 5) is 13.5. The molecule has 0 unspecified atom stereocenters. The number of hydrogen-bond donors (Lipinski definition) is 0. The average molecular weight is 163 g/mol. The van der Waals surface area contributed by atoms with E-state index in [-0.39, 0.29) is 17.1 Å². The van der Waals surface area contributed by atoms with Crippen LogP contribution in [0.5, 0.6) is 0 Å². The third-order valence-electron chi connectivity index (χ3n) is 1.37. The predicted octanol–water partition coefficient (Wildman–Crippen LogP) is 1.17. The van der Waals surface area contributed by atoms with Crippen LogP contribution in [-0.4, -0.2) is 9.91 Å². The molecule has 0 N–H and O–H groups in total. The minimum absolute atomic E-state index is 0.0611. The maximum absolute atomic E-state index is 10.3.